The Kier molecular flexibility index (Phi) is 3.38. The number of rotatable bonds is 1. The van der Waals surface area contributed by atoms with Gasteiger partial charge in [-0.15, -0.1) is 0 Å². The van der Waals surface area contributed by atoms with Gasteiger partial charge in [0.05, 0.1) is 11.8 Å². The molecule has 0 radical (unpaired) electrons. The lowest BCUT2D eigenvalue weighted by Crippen LogP contribution is -2.37. The molecule has 0 aromatic heterocycles. The summed E-state index contributed by atoms with van der Waals surface area (Å²) >= 11 is 0. The minimum atomic E-state index is -2.95. The molecule has 0 amide bonds. The maximum absolute atomic E-state index is 14.5. The highest BCUT2D eigenvalue weighted by atomic mass is 31.2. The van der Waals surface area contributed by atoms with Crippen LogP contribution < -0.4 is 15.9 Å². The maximum Gasteiger partial charge on any atom is 0.317 e. The normalized spacial score (nSPS) is 28.4. The number of cyclic esters (lactones) is 2. The molecule has 2 aromatic carbocycles. The molecule has 2 fully saturated rings. The molecule has 3 atom stereocenters. The highest BCUT2D eigenvalue weighted by molar-refractivity contribution is 7.80. The van der Waals surface area contributed by atoms with Crippen molar-refractivity contribution in [2.45, 2.75) is 24.9 Å². The maximum atomic E-state index is 14.5. The molecule has 2 heterocycles. The van der Waals surface area contributed by atoms with E-state index < -0.39 is 25.0 Å². The predicted molar refractivity (Wildman–Crippen MR) is 98.8 cm³/mol. The van der Waals surface area contributed by atoms with E-state index in [2.05, 4.69) is 5.32 Å². The monoisotopic (exact) mass is 367 g/mol. The summed E-state index contributed by atoms with van der Waals surface area (Å²) in [7, 11) is -2.95. The summed E-state index contributed by atoms with van der Waals surface area (Å²) in [4.78, 5) is 24.0. The van der Waals surface area contributed by atoms with Crippen molar-refractivity contribution in [3.05, 3.63) is 48.5 Å². The number of benzene rings is 2. The third kappa shape index (κ3) is 2.07. The van der Waals surface area contributed by atoms with Crippen molar-refractivity contribution < 1.29 is 18.9 Å². The lowest BCUT2D eigenvalue weighted by molar-refractivity contribution is -0.153. The van der Waals surface area contributed by atoms with Gasteiger partial charge in [0.25, 0.3) is 0 Å². The van der Waals surface area contributed by atoms with Gasteiger partial charge in [-0.05, 0) is 43.5 Å². The zero-order chi connectivity index (χ0) is 17.9. The van der Waals surface area contributed by atoms with Crippen molar-refractivity contribution in [2.24, 2.45) is 11.8 Å². The number of anilines is 2. The molecule has 1 saturated heterocycles. The van der Waals surface area contributed by atoms with Crippen molar-refractivity contribution in [1.29, 1.82) is 0 Å². The first-order valence-corrected chi connectivity index (χ1v) is 10.7. The van der Waals surface area contributed by atoms with Crippen LogP contribution in [-0.4, -0.2) is 17.6 Å². The third-order valence-corrected chi connectivity index (χ3v) is 9.65. The molecule has 1 aliphatic carbocycles. The zero-order valence-corrected chi connectivity index (χ0v) is 14.9. The molecule has 132 valence electrons. The topological polar surface area (TPSA) is 72.5 Å². The first-order valence-electron chi connectivity index (χ1n) is 8.90. The van der Waals surface area contributed by atoms with Crippen LogP contribution in [0.5, 0.6) is 0 Å². The molecule has 0 spiro atoms. The Hall–Kier alpha value is -2.39. The average molecular weight is 367 g/mol. The van der Waals surface area contributed by atoms with Gasteiger partial charge in [-0.2, -0.15) is 0 Å². The van der Waals surface area contributed by atoms with Crippen molar-refractivity contribution >= 4 is 41.1 Å². The van der Waals surface area contributed by atoms with Crippen LogP contribution in [0.2, 0.25) is 0 Å². The van der Waals surface area contributed by atoms with Crippen LogP contribution in [0.15, 0.2) is 48.5 Å². The van der Waals surface area contributed by atoms with E-state index in [9.17, 15) is 14.2 Å². The van der Waals surface area contributed by atoms with E-state index in [1.165, 1.54) is 0 Å². The fraction of sp³-hybridized carbons (Fsp3) is 0.300. The highest BCUT2D eigenvalue weighted by Crippen LogP contribution is 2.60. The molecule has 5 rings (SSSR count). The van der Waals surface area contributed by atoms with Gasteiger partial charge >= 0.3 is 11.9 Å². The first-order chi connectivity index (χ1) is 12.6. The number of nitrogens with one attached hydrogen (secondary N) is 1. The van der Waals surface area contributed by atoms with Crippen LogP contribution in [0.1, 0.15) is 19.3 Å². The van der Waals surface area contributed by atoms with E-state index in [1.807, 2.05) is 48.5 Å². The Bertz CT molecular complexity index is 936. The Morgan fingerprint density at radius 1 is 0.846 bits per heavy atom. The van der Waals surface area contributed by atoms with Crippen molar-refractivity contribution in [2.75, 3.05) is 5.32 Å². The van der Waals surface area contributed by atoms with Crippen LogP contribution in [0, 0.1) is 11.8 Å². The molecule has 0 bridgehead atoms. The summed E-state index contributed by atoms with van der Waals surface area (Å²) in [5.74, 6) is -1.68. The molecule has 5 nitrogen and oxygen atoms in total. The predicted octanol–water partition coefficient (Wildman–Crippen LogP) is 2.93. The number of carbonyl (C=O) groups is 2. The van der Waals surface area contributed by atoms with Crippen LogP contribution in [0.4, 0.5) is 11.4 Å². The second-order valence-corrected chi connectivity index (χ2v) is 10.2. The lowest BCUT2D eigenvalue weighted by atomic mass is 9.81. The Morgan fingerprint density at radius 2 is 1.42 bits per heavy atom. The second kappa shape index (κ2) is 5.55. The second-order valence-electron chi connectivity index (χ2n) is 7.24. The molecule has 3 unspecified atom stereocenters. The lowest BCUT2D eigenvalue weighted by Gasteiger charge is -2.38. The largest absolute Gasteiger partial charge is 0.393 e. The van der Waals surface area contributed by atoms with Crippen molar-refractivity contribution in [3.8, 4) is 0 Å². The molecular formula is C20H18NO4P. The van der Waals surface area contributed by atoms with Gasteiger partial charge in [-0.25, -0.2) is 0 Å². The van der Waals surface area contributed by atoms with E-state index in [1.54, 1.807) is 0 Å². The summed E-state index contributed by atoms with van der Waals surface area (Å²) in [5, 5.41) is 5.02. The number of carbonyl (C=O) groups excluding carboxylic acids is 2. The van der Waals surface area contributed by atoms with E-state index in [-0.39, 0.29) is 11.6 Å². The number of ether oxygens (including phenoxy) is 1. The van der Waals surface area contributed by atoms with Gasteiger partial charge in [-0.3, -0.25) is 9.59 Å². The van der Waals surface area contributed by atoms with Gasteiger partial charge in [0.1, 0.15) is 7.14 Å². The average Bonchev–Trinajstić information content (AvgIpc) is 2.95. The number of hydrogen-bond donors (Lipinski definition) is 1. The molecule has 2 aliphatic heterocycles. The zero-order valence-electron chi connectivity index (χ0n) is 14.1. The van der Waals surface area contributed by atoms with Gasteiger partial charge in [0.2, 0.25) is 0 Å². The van der Waals surface area contributed by atoms with Gasteiger partial charge < -0.3 is 14.6 Å². The van der Waals surface area contributed by atoms with Crippen LogP contribution in [0.25, 0.3) is 0 Å². The van der Waals surface area contributed by atoms with Gasteiger partial charge in [0, 0.05) is 27.6 Å². The van der Waals surface area contributed by atoms with E-state index >= 15 is 0 Å². The summed E-state index contributed by atoms with van der Waals surface area (Å²) in [5.41, 5.74) is 1.56. The minimum absolute atomic E-state index is 0.161. The van der Waals surface area contributed by atoms with Gasteiger partial charge in [0.15, 0.2) is 0 Å². The number of esters is 2. The Morgan fingerprint density at radius 3 is 2.08 bits per heavy atom. The number of hydrogen-bond acceptors (Lipinski definition) is 5. The Labute approximate surface area is 151 Å². The first kappa shape index (κ1) is 15.8. The number of fused-ring (bicyclic) bond motifs is 3. The minimum Gasteiger partial charge on any atom is -0.393 e. The third-order valence-electron chi connectivity index (χ3n) is 5.94. The summed E-state index contributed by atoms with van der Waals surface area (Å²) in [6.07, 6.45) is 1.65. The van der Waals surface area contributed by atoms with E-state index in [4.69, 9.17) is 4.74 Å². The number of para-hydroxylation sites is 2. The standard InChI is InChI=1S/C20H18NO4P/c22-19-13-10-9-12(11-14(13)20(23)25-19)26(24)17-7-3-1-5-15(17)21-16-6-2-4-8-18(16)26/h1-8,12-14,21H,9-11H2. The quantitative estimate of drug-likeness (QED) is 0.477. The van der Waals surface area contributed by atoms with E-state index in [0.717, 1.165) is 22.0 Å². The molecule has 26 heavy (non-hydrogen) atoms. The van der Waals surface area contributed by atoms with Crippen LogP contribution >= 0.6 is 7.14 Å². The Balaban J connectivity index is 1.63. The summed E-state index contributed by atoms with van der Waals surface area (Å²) in [6, 6.07) is 15.4. The molecule has 1 N–H and O–H groups in total. The van der Waals surface area contributed by atoms with Crippen molar-refractivity contribution in [3.63, 3.8) is 0 Å². The highest BCUT2D eigenvalue weighted by Gasteiger charge is 2.52. The molecule has 6 heteroatoms. The van der Waals surface area contributed by atoms with E-state index in [0.29, 0.717) is 19.3 Å². The van der Waals surface area contributed by atoms with Crippen LogP contribution in [0.3, 0.4) is 0 Å². The molecule has 3 aliphatic rings. The van der Waals surface area contributed by atoms with Gasteiger partial charge in [-0.1, -0.05) is 24.3 Å². The molecule has 2 aromatic rings. The SMILES string of the molecule is O=C1OC(=O)C2CC(P3(=O)c4ccccc4Nc4ccccc43)CCC12. The summed E-state index contributed by atoms with van der Waals surface area (Å²) < 4.78 is 19.4. The van der Waals surface area contributed by atoms with Crippen molar-refractivity contribution in [1.82, 2.24) is 0 Å². The summed E-state index contributed by atoms with van der Waals surface area (Å²) in [6.45, 7) is 0. The fourth-order valence-electron chi connectivity index (χ4n) is 4.68. The van der Waals surface area contributed by atoms with Crippen LogP contribution in [-0.2, 0) is 18.9 Å². The smallest absolute Gasteiger partial charge is 0.317 e. The molecule has 1 saturated carbocycles. The molecular weight excluding hydrogens is 349 g/mol. The fourth-order valence-corrected chi connectivity index (χ4v) is 8.35.